The van der Waals surface area contributed by atoms with Crippen LogP contribution in [0.3, 0.4) is 0 Å². The number of amides is 1. The number of thiophene rings is 1. The molecule has 0 radical (unpaired) electrons. The zero-order valence-electron chi connectivity index (χ0n) is 21.6. The smallest absolute Gasteiger partial charge is 0.399 e. The van der Waals surface area contributed by atoms with E-state index in [9.17, 15) is 33.0 Å². The summed E-state index contributed by atoms with van der Waals surface area (Å²) in [5.41, 5.74) is -1.93. The topological polar surface area (TPSA) is 113 Å². The molecule has 0 unspecified atom stereocenters. The van der Waals surface area contributed by atoms with E-state index >= 15 is 0 Å². The molecule has 3 saturated carbocycles. The number of halogens is 3. The third kappa shape index (κ3) is 5.57. The quantitative estimate of drug-likeness (QED) is 0.417. The number of rotatable bonds is 7. The van der Waals surface area contributed by atoms with Crippen LogP contribution in [0.25, 0.3) is 0 Å². The number of alkyl halides is 3. The van der Waals surface area contributed by atoms with Crippen molar-refractivity contribution in [3.05, 3.63) is 28.0 Å². The molecule has 2 heterocycles. The van der Waals surface area contributed by atoms with Crippen LogP contribution >= 0.6 is 11.3 Å². The summed E-state index contributed by atoms with van der Waals surface area (Å²) >= 11 is 0.650. The molecule has 2 N–H and O–H groups in total. The first-order valence-electron chi connectivity index (χ1n) is 13.5. The van der Waals surface area contributed by atoms with Gasteiger partial charge in [0.05, 0.1) is 5.69 Å². The number of aromatic nitrogens is 2. The summed E-state index contributed by atoms with van der Waals surface area (Å²) in [5.74, 6) is -1.26. The molecule has 3 fully saturated rings. The minimum atomic E-state index is -4.48. The molecule has 12 heteroatoms. The molecule has 39 heavy (non-hydrogen) atoms. The highest BCUT2D eigenvalue weighted by atomic mass is 32.1. The van der Waals surface area contributed by atoms with E-state index in [4.69, 9.17) is 4.74 Å². The monoisotopic (exact) mass is 567 g/mol. The number of carboxylic acids is 1. The Morgan fingerprint density at radius 2 is 1.72 bits per heavy atom. The van der Waals surface area contributed by atoms with Crippen LogP contribution in [0.4, 0.5) is 18.9 Å². The lowest BCUT2D eigenvalue weighted by Crippen LogP contribution is -2.47. The van der Waals surface area contributed by atoms with Gasteiger partial charge in [0.2, 0.25) is 17.7 Å². The van der Waals surface area contributed by atoms with Crippen LogP contribution in [0, 0.1) is 11.8 Å². The second kappa shape index (κ2) is 10.6. The largest absolute Gasteiger partial charge is 0.492 e. The average Bonchev–Trinajstić information content (AvgIpc) is 3.61. The summed E-state index contributed by atoms with van der Waals surface area (Å²) in [6.07, 6.45) is 0.372. The molecule has 212 valence electrons. The Balaban J connectivity index is 1.43. The van der Waals surface area contributed by atoms with Crippen molar-refractivity contribution in [3.8, 4) is 11.8 Å². The Labute approximate surface area is 228 Å². The molecule has 3 aliphatic carbocycles. The zero-order valence-corrected chi connectivity index (χ0v) is 22.4. The predicted molar refractivity (Wildman–Crippen MR) is 137 cm³/mol. The Morgan fingerprint density at radius 3 is 2.26 bits per heavy atom. The van der Waals surface area contributed by atoms with Crippen LogP contribution in [0.1, 0.15) is 85.7 Å². The number of carbonyl (C=O) groups excluding carboxylic acids is 1. The number of hydrogen-bond acceptors (Lipinski definition) is 7. The van der Waals surface area contributed by atoms with Gasteiger partial charge in [0.1, 0.15) is 16.4 Å². The van der Waals surface area contributed by atoms with Gasteiger partial charge in [0.15, 0.2) is 0 Å². The number of carboxylic acid groups (broad SMARTS) is 1. The van der Waals surface area contributed by atoms with Crippen LogP contribution < -0.4 is 9.64 Å². The summed E-state index contributed by atoms with van der Waals surface area (Å²) < 4.78 is 47.7. The molecule has 1 amide bonds. The molecule has 0 spiro atoms. The van der Waals surface area contributed by atoms with Gasteiger partial charge < -0.3 is 19.8 Å². The van der Waals surface area contributed by atoms with E-state index in [2.05, 4.69) is 17.1 Å². The maximum absolute atomic E-state index is 14.0. The lowest BCUT2D eigenvalue weighted by atomic mass is 9.81. The Kier molecular flexibility index (Phi) is 7.51. The highest BCUT2D eigenvalue weighted by Gasteiger charge is 2.65. The zero-order chi connectivity index (χ0) is 27.9. The maximum Gasteiger partial charge on any atom is 0.399 e. The van der Waals surface area contributed by atoms with Crippen LogP contribution in [0.2, 0.25) is 0 Å². The van der Waals surface area contributed by atoms with E-state index in [1.165, 1.54) is 23.1 Å². The number of anilines is 1. The van der Waals surface area contributed by atoms with Gasteiger partial charge in [0.25, 0.3) is 0 Å². The Hall–Kier alpha value is -2.89. The summed E-state index contributed by atoms with van der Waals surface area (Å²) in [6, 6.07) is 3.85. The van der Waals surface area contributed by atoms with E-state index in [-0.39, 0.29) is 64.0 Å². The molecule has 0 saturated heterocycles. The first kappa shape index (κ1) is 27.7. The molecular formula is C27H32F3N3O5S. The fourth-order valence-corrected chi connectivity index (χ4v) is 7.17. The highest BCUT2D eigenvalue weighted by molar-refractivity contribution is 7.14. The van der Waals surface area contributed by atoms with E-state index in [0.29, 0.717) is 55.8 Å². The summed E-state index contributed by atoms with van der Waals surface area (Å²) in [7, 11) is 0. The van der Waals surface area contributed by atoms with E-state index < -0.39 is 17.6 Å². The molecule has 8 nitrogen and oxygen atoms in total. The van der Waals surface area contributed by atoms with Crippen molar-refractivity contribution in [3.63, 3.8) is 0 Å². The lowest BCUT2D eigenvalue weighted by Gasteiger charge is -2.39. The SMILES string of the molecule is C[C@H]1CC[C@H](C(=O)N(c2cc(C3(C(F)(F)F)CC3)sc2C(=O)O)[C@H]2CC[C@H](Oc3ccc(O)nn3)CC2)CC1. The predicted octanol–water partition coefficient (Wildman–Crippen LogP) is 6.09. The molecule has 2 aromatic heterocycles. The van der Waals surface area contributed by atoms with E-state index in [1.54, 1.807) is 0 Å². The number of hydrogen-bond donors (Lipinski definition) is 2. The van der Waals surface area contributed by atoms with Gasteiger partial charge in [-0.25, -0.2) is 4.79 Å². The second-order valence-electron chi connectivity index (χ2n) is 11.2. The Bertz CT molecular complexity index is 1200. The summed E-state index contributed by atoms with van der Waals surface area (Å²) in [4.78, 5) is 27.6. The van der Waals surface area contributed by atoms with Crippen LogP contribution in [-0.4, -0.2) is 50.6 Å². The van der Waals surface area contributed by atoms with Gasteiger partial charge in [-0.15, -0.1) is 21.5 Å². The van der Waals surface area contributed by atoms with Crippen LogP contribution in [0.5, 0.6) is 11.8 Å². The molecule has 2 aromatic rings. The van der Waals surface area contributed by atoms with Crippen molar-refractivity contribution < 1.29 is 37.7 Å². The Morgan fingerprint density at radius 1 is 1.05 bits per heavy atom. The fourth-order valence-electron chi connectivity index (χ4n) is 5.91. The first-order chi connectivity index (χ1) is 18.5. The molecule has 0 aromatic carbocycles. The standard InChI is InChI=1S/C27H32F3N3O5S/c1-15-2-4-16(5-3-15)24(35)33(17-6-8-18(9-7-17)38-22-11-10-21(34)31-32-22)19-14-20(39-23(19)25(36)37)26(12-13-26)27(28,29)30/h10-11,14-18H,2-9,12-13H2,1H3,(H,31,34)(H,36,37)/t15-,16-,17-,18-. The van der Waals surface area contributed by atoms with Crippen molar-refractivity contribution in [1.82, 2.24) is 10.2 Å². The van der Waals surface area contributed by atoms with E-state index in [0.717, 1.165) is 12.8 Å². The fraction of sp³-hybridized carbons (Fsp3) is 0.630. The number of ether oxygens (including phenoxy) is 1. The van der Waals surface area contributed by atoms with Crippen LogP contribution in [0.15, 0.2) is 18.2 Å². The van der Waals surface area contributed by atoms with Crippen molar-refractivity contribution in [2.75, 3.05) is 4.90 Å². The molecule has 0 bridgehead atoms. The van der Waals surface area contributed by atoms with Gasteiger partial charge in [-0.1, -0.05) is 6.92 Å². The third-order valence-corrected chi connectivity index (χ3v) is 9.77. The molecule has 5 rings (SSSR count). The van der Waals surface area contributed by atoms with Crippen molar-refractivity contribution in [1.29, 1.82) is 0 Å². The van der Waals surface area contributed by atoms with Gasteiger partial charge in [-0.05, 0) is 76.2 Å². The minimum absolute atomic E-state index is 0.0274. The minimum Gasteiger partial charge on any atom is -0.492 e. The molecular weight excluding hydrogens is 535 g/mol. The van der Waals surface area contributed by atoms with Gasteiger partial charge in [-0.3, -0.25) is 4.79 Å². The number of carbonyl (C=O) groups is 2. The summed E-state index contributed by atoms with van der Waals surface area (Å²) in [6.45, 7) is 2.14. The number of nitrogens with zero attached hydrogens (tertiary/aromatic N) is 3. The molecule has 0 atom stereocenters. The van der Waals surface area contributed by atoms with E-state index in [1.807, 2.05) is 0 Å². The average molecular weight is 568 g/mol. The van der Waals surface area contributed by atoms with Gasteiger partial charge in [-0.2, -0.15) is 13.2 Å². The molecule has 3 aliphatic rings. The third-order valence-electron chi connectivity index (χ3n) is 8.46. The van der Waals surface area contributed by atoms with Gasteiger partial charge in [0, 0.05) is 29.0 Å². The van der Waals surface area contributed by atoms with Crippen molar-refractivity contribution in [2.24, 2.45) is 11.8 Å². The number of aromatic hydroxyl groups is 1. The molecule has 0 aliphatic heterocycles. The normalized spacial score (nSPS) is 26.6. The van der Waals surface area contributed by atoms with Gasteiger partial charge >= 0.3 is 12.1 Å². The van der Waals surface area contributed by atoms with Crippen LogP contribution in [-0.2, 0) is 10.2 Å². The highest BCUT2D eigenvalue weighted by Crippen LogP contribution is 2.61. The second-order valence-corrected chi connectivity index (χ2v) is 12.2. The number of aromatic carboxylic acids is 1. The van der Waals surface area contributed by atoms with Crippen molar-refractivity contribution in [2.45, 2.75) is 94.9 Å². The lowest BCUT2D eigenvalue weighted by molar-refractivity contribution is -0.159. The van der Waals surface area contributed by atoms with Crippen molar-refractivity contribution >= 4 is 28.9 Å². The summed E-state index contributed by atoms with van der Waals surface area (Å²) in [5, 5.41) is 26.7. The maximum atomic E-state index is 14.0. The first-order valence-corrected chi connectivity index (χ1v) is 14.3.